The normalized spacial score (nSPS) is 19.3. The molecule has 5 nitrogen and oxygen atoms in total. The van der Waals surface area contributed by atoms with E-state index in [0.717, 1.165) is 32.1 Å². The molecule has 1 aromatic carbocycles. The molecule has 1 aliphatic carbocycles. The van der Waals surface area contributed by atoms with Crippen LogP contribution in [0, 0.1) is 11.8 Å². The second-order valence-corrected chi connectivity index (χ2v) is 7.63. The second-order valence-electron chi connectivity index (χ2n) is 7.19. The van der Waals surface area contributed by atoms with E-state index in [0.29, 0.717) is 29.2 Å². The fourth-order valence-corrected chi connectivity index (χ4v) is 3.87. The fraction of sp³-hybridized carbons (Fsp3) is 0.500. The van der Waals surface area contributed by atoms with Crippen molar-refractivity contribution in [3.05, 3.63) is 40.9 Å². The van der Waals surface area contributed by atoms with Gasteiger partial charge in [-0.15, -0.1) is 0 Å². The molecule has 0 aliphatic heterocycles. The number of halogens is 1. The Kier molecular flexibility index (Phi) is 8.71. The van der Waals surface area contributed by atoms with Crippen LogP contribution in [0.15, 0.2) is 30.4 Å². The summed E-state index contributed by atoms with van der Waals surface area (Å²) in [7, 11) is 1.49. The number of aliphatic carboxylic acids is 1. The van der Waals surface area contributed by atoms with E-state index in [1.54, 1.807) is 18.2 Å². The zero-order chi connectivity index (χ0) is 20.5. The lowest BCUT2D eigenvalue weighted by molar-refractivity contribution is -0.137. The number of rotatable bonds is 11. The largest absolute Gasteiger partial charge is 0.496 e. The third kappa shape index (κ3) is 6.48. The maximum absolute atomic E-state index is 12.5. The molecule has 2 rings (SSSR count). The van der Waals surface area contributed by atoms with Crippen molar-refractivity contribution in [3.8, 4) is 5.75 Å². The number of benzene rings is 1. The number of ketones is 2. The maximum Gasteiger partial charge on any atom is 0.303 e. The van der Waals surface area contributed by atoms with Crippen molar-refractivity contribution in [3.63, 3.8) is 0 Å². The van der Waals surface area contributed by atoms with E-state index in [9.17, 15) is 14.4 Å². The molecule has 0 heterocycles. The van der Waals surface area contributed by atoms with Gasteiger partial charge < -0.3 is 9.84 Å². The van der Waals surface area contributed by atoms with Crippen molar-refractivity contribution in [2.75, 3.05) is 7.11 Å². The predicted molar refractivity (Wildman–Crippen MR) is 108 cm³/mol. The van der Waals surface area contributed by atoms with Crippen LogP contribution in [0.4, 0.5) is 0 Å². The molecule has 0 amide bonds. The number of hydrogen-bond acceptors (Lipinski definition) is 4. The van der Waals surface area contributed by atoms with Crippen LogP contribution in [-0.4, -0.2) is 29.8 Å². The first-order valence-corrected chi connectivity index (χ1v) is 10.1. The summed E-state index contributed by atoms with van der Waals surface area (Å²) in [6, 6.07) is 4.90. The summed E-state index contributed by atoms with van der Waals surface area (Å²) in [5.74, 6) is -0.206. The van der Waals surface area contributed by atoms with Crippen LogP contribution < -0.4 is 4.74 Å². The summed E-state index contributed by atoms with van der Waals surface area (Å²) >= 11 is 5.94. The minimum Gasteiger partial charge on any atom is -0.496 e. The first-order valence-electron chi connectivity index (χ1n) is 9.73. The number of unbranched alkanes of at least 4 members (excludes halogenated alkanes) is 3. The van der Waals surface area contributed by atoms with Crippen LogP contribution in [0.3, 0.4) is 0 Å². The van der Waals surface area contributed by atoms with Gasteiger partial charge in [-0.1, -0.05) is 36.9 Å². The first-order chi connectivity index (χ1) is 13.4. The average Bonchev–Trinajstić information content (AvgIpc) is 3.01. The second kappa shape index (κ2) is 11.0. The Hall–Kier alpha value is -2.14. The van der Waals surface area contributed by atoms with Gasteiger partial charge in [-0.2, -0.15) is 0 Å². The number of carbonyl (C=O) groups excluding carboxylic acids is 2. The van der Waals surface area contributed by atoms with Crippen molar-refractivity contribution in [2.45, 2.75) is 51.4 Å². The Labute approximate surface area is 170 Å². The van der Waals surface area contributed by atoms with E-state index in [-0.39, 0.29) is 29.8 Å². The monoisotopic (exact) mass is 406 g/mol. The minimum atomic E-state index is -0.766. The summed E-state index contributed by atoms with van der Waals surface area (Å²) in [6.07, 6.45) is 9.07. The van der Waals surface area contributed by atoms with Crippen LogP contribution in [0.5, 0.6) is 5.75 Å². The number of ether oxygens (including phenoxy) is 1. The topological polar surface area (TPSA) is 80.7 Å². The molecule has 2 atom stereocenters. The smallest absolute Gasteiger partial charge is 0.303 e. The van der Waals surface area contributed by atoms with Gasteiger partial charge in [-0.05, 0) is 49.5 Å². The standard InChI is InChI=1S/C22H27ClO5/c1-28-21-14-16(23)10-11-18(21)20(25)13-9-15-8-12-19(24)17(15)6-4-2-3-5-7-22(26)27/h9-11,13-15,17H,2-8,12H2,1H3,(H,26,27)/t15-,17-/m0/s1. The van der Waals surface area contributed by atoms with E-state index in [1.165, 1.54) is 13.2 Å². The van der Waals surface area contributed by atoms with Crippen molar-refractivity contribution >= 4 is 29.1 Å². The SMILES string of the molecule is COc1cc(Cl)ccc1C(=O)C=C[C@@H]1CCC(=O)[C@H]1CCCCCCC(=O)O. The molecule has 0 spiro atoms. The van der Waals surface area contributed by atoms with Gasteiger partial charge in [0.2, 0.25) is 0 Å². The molecule has 1 aromatic rings. The van der Waals surface area contributed by atoms with E-state index < -0.39 is 5.97 Å². The summed E-state index contributed by atoms with van der Waals surface area (Å²) in [6.45, 7) is 0. The molecule has 0 bridgehead atoms. The van der Waals surface area contributed by atoms with Gasteiger partial charge in [0.15, 0.2) is 5.78 Å². The lowest BCUT2D eigenvalue weighted by Crippen LogP contribution is -2.13. The predicted octanol–water partition coefficient (Wildman–Crippen LogP) is 5.11. The summed E-state index contributed by atoms with van der Waals surface area (Å²) < 4.78 is 5.23. The molecule has 1 aliphatic rings. The molecular formula is C22H27ClO5. The molecule has 0 unspecified atom stereocenters. The van der Waals surface area contributed by atoms with Gasteiger partial charge in [0.1, 0.15) is 11.5 Å². The van der Waals surface area contributed by atoms with E-state index in [1.807, 2.05) is 6.08 Å². The molecule has 1 fully saturated rings. The van der Waals surface area contributed by atoms with E-state index >= 15 is 0 Å². The summed E-state index contributed by atoms with van der Waals surface area (Å²) in [5, 5.41) is 9.15. The Bertz CT molecular complexity index is 740. The Morgan fingerprint density at radius 3 is 2.71 bits per heavy atom. The van der Waals surface area contributed by atoms with Gasteiger partial charge in [-0.25, -0.2) is 0 Å². The molecule has 28 heavy (non-hydrogen) atoms. The van der Waals surface area contributed by atoms with Crippen LogP contribution in [0.1, 0.15) is 61.7 Å². The van der Waals surface area contributed by atoms with Gasteiger partial charge in [-0.3, -0.25) is 14.4 Å². The molecule has 0 radical (unpaired) electrons. The summed E-state index contributed by atoms with van der Waals surface area (Å²) in [5.41, 5.74) is 0.447. The van der Waals surface area contributed by atoms with Crippen LogP contribution in [0.25, 0.3) is 0 Å². The molecule has 1 saturated carbocycles. The van der Waals surface area contributed by atoms with Crippen molar-refractivity contribution in [1.82, 2.24) is 0 Å². The fourth-order valence-electron chi connectivity index (χ4n) is 3.70. The molecule has 0 aromatic heterocycles. The Morgan fingerprint density at radius 2 is 2.00 bits per heavy atom. The van der Waals surface area contributed by atoms with Gasteiger partial charge >= 0.3 is 5.97 Å². The van der Waals surface area contributed by atoms with Crippen molar-refractivity contribution in [1.29, 1.82) is 0 Å². The van der Waals surface area contributed by atoms with Crippen LogP contribution in [-0.2, 0) is 9.59 Å². The third-order valence-electron chi connectivity index (χ3n) is 5.23. The molecule has 0 saturated heterocycles. The molecular weight excluding hydrogens is 380 g/mol. The van der Waals surface area contributed by atoms with Crippen molar-refractivity contribution in [2.24, 2.45) is 11.8 Å². The van der Waals surface area contributed by atoms with Crippen molar-refractivity contribution < 1.29 is 24.2 Å². The van der Waals surface area contributed by atoms with Gasteiger partial charge in [0.05, 0.1) is 12.7 Å². The lowest BCUT2D eigenvalue weighted by Gasteiger charge is -2.14. The highest BCUT2D eigenvalue weighted by molar-refractivity contribution is 6.31. The number of allylic oxidation sites excluding steroid dienone is 2. The zero-order valence-electron chi connectivity index (χ0n) is 16.2. The highest BCUT2D eigenvalue weighted by Gasteiger charge is 2.32. The van der Waals surface area contributed by atoms with E-state index in [2.05, 4.69) is 0 Å². The van der Waals surface area contributed by atoms with E-state index in [4.69, 9.17) is 21.4 Å². The first kappa shape index (κ1) is 22.2. The van der Waals surface area contributed by atoms with Crippen LogP contribution in [0.2, 0.25) is 5.02 Å². The maximum atomic E-state index is 12.5. The average molecular weight is 407 g/mol. The zero-order valence-corrected chi connectivity index (χ0v) is 16.9. The van der Waals surface area contributed by atoms with Gasteiger partial charge in [0.25, 0.3) is 0 Å². The molecule has 1 N–H and O–H groups in total. The number of hydrogen-bond donors (Lipinski definition) is 1. The van der Waals surface area contributed by atoms with Gasteiger partial charge in [0, 0.05) is 23.8 Å². The summed E-state index contributed by atoms with van der Waals surface area (Å²) in [4.78, 5) is 35.3. The Balaban J connectivity index is 1.90. The molecule has 152 valence electrons. The number of methoxy groups -OCH3 is 1. The lowest BCUT2D eigenvalue weighted by atomic mass is 9.89. The highest BCUT2D eigenvalue weighted by Crippen LogP contribution is 2.34. The number of carbonyl (C=O) groups is 3. The number of carboxylic acids is 1. The number of Topliss-reactive ketones (excluding diaryl/α,β-unsaturated/α-hetero) is 1. The molecule has 6 heteroatoms. The third-order valence-corrected chi connectivity index (χ3v) is 5.47. The highest BCUT2D eigenvalue weighted by atomic mass is 35.5. The quantitative estimate of drug-likeness (QED) is 0.314. The number of carboxylic acid groups (broad SMARTS) is 1. The van der Waals surface area contributed by atoms with Crippen LogP contribution >= 0.6 is 11.6 Å². The Morgan fingerprint density at radius 1 is 1.25 bits per heavy atom. The minimum absolute atomic E-state index is 0.0457.